The number of hydrogen-bond acceptors (Lipinski definition) is 4. The normalized spacial score (nSPS) is 35.0. The van der Waals surface area contributed by atoms with Crippen molar-refractivity contribution in [1.29, 1.82) is 0 Å². The summed E-state index contributed by atoms with van der Waals surface area (Å²) in [6, 6.07) is 5.14. The maximum atomic E-state index is 14.6. The van der Waals surface area contributed by atoms with Crippen LogP contribution in [0, 0.1) is 23.2 Å². The van der Waals surface area contributed by atoms with E-state index in [1.54, 1.807) is 24.4 Å². The molecule has 6 heteroatoms. The van der Waals surface area contributed by atoms with E-state index in [2.05, 4.69) is 9.97 Å². The van der Waals surface area contributed by atoms with Crippen LogP contribution in [0.3, 0.4) is 0 Å². The van der Waals surface area contributed by atoms with Gasteiger partial charge in [0.05, 0.1) is 10.9 Å². The first-order valence-corrected chi connectivity index (χ1v) is 8.30. The van der Waals surface area contributed by atoms with Crippen LogP contribution in [0.1, 0.15) is 29.8 Å². The van der Waals surface area contributed by atoms with Crippen molar-refractivity contribution in [2.45, 2.75) is 25.2 Å². The molecule has 0 saturated heterocycles. The number of fused-ring (bicyclic) bond motifs is 2. The Morgan fingerprint density at radius 1 is 1.21 bits per heavy atom. The number of nitrogens with zero attached hydrogens (tertiary/aromatic N) is 2. The number of alkyl halides is 2. The Balaban J connectivity index is 1.40. The summed E-state index contributed by atoms with van der Waals surface area (Å²) in [6.07, 6.45) is 5.11. The van der Waals surface area contributed by atoms with Gasteiger partial charge in [0.2, 0.25) is 0 Å². The molecule has 4 aliphatic rings. The molecule has 4 aliphatic carbocycles. The molecule has 0 radical (unpaired) electrons. The van der Waals surface area contributed by atoms with E-state index >= 15 is 0 Å². The van der Waals surface area contributed by atoms with Crippen molar-refractivity contribution in [2.75, 3.05) is 6.61 Å². The molecule has 0 aliphatic heterocycles. The zero-order chi connectivity index (χ0) is 16.5. The zero-order valence-corrected chi connectivity index (χ0v) is 12.9. The molecule has 0 aromatic carbocycles. The number of aromatic nitrogens is 2. The lowest BCUT2D eigenvalue weighted by atomic mass is 9.78. The maximum Gasteiger partial charge on any atom is 0.357 e. The molecular formula is C18H16F2N2O2. The van der Waals surface area contributed by atoms with Gasteiger partial charge >= 0.3 is 5.97 Å². The predicted molar refractivity (Wildman–Crippen MR) is 81.5 cm³/mol. The minimum absolute atomic E-state index is 0.00689. The lowest BCUT2D eigenvalue weighted by Gasteiger charge is -2.35. The fourth-order valence-electron chi connectivity index (χ4n) is 5.18. The largest absolute Gasteiger partial charge is 0.460 e. The predicted octanol–water partition coefficient (Wildman–Crippen LogP) is 3.47. The topological polar surface area (TPSA) is 52.1 Å². The fourth-order valence-corrected chi connectivity index (χ4v) is 5.18. The van der Waals surface area contributed by atoms with Crippen LogP contribution in [0.5, 0.6) is 0 Å². The van der Waals surface area contributed by atoms with Gasteiger partial charge in [-0.1, -0.05) is 0 Å². The third-order valence-corrected chi connectivity index (χ3v) is 6.36. The highest BCUT2D eigenvalue weighted by molar-refractivity contribution is 6.01. The van der Waals surface area contributed by atoms with Crippen LogP contribution in [-0.4, -0.2) is 28.5 Å². The lowest BCUT2D eigenvalue weighted by molar-refractivity contribution is -0.142. The van der Waals surface area contributed by atoms with Crippen molar-refractivity contribution < 1.29 is 18.3 Å². The van der Waals surface area contributed by atoms with Gasteiger partial charge in [-0.25, -0.2) is 18.6 Å². The number of halogens is 2. The number of ether oxygens (including phenoxy) is 1. The van der Waals surface area contributed by atoms with Gasteiger partial charge in [0.15, 0.2) is 5.69 Å². The summed E-state index contributed by atoms with van der Waals surface area (Å²) in [7, 11) is 0. The third kappa shape index (κ3) is 1.59. The maximum absolute atomic E-state index is 14.6. The van der Waals surface area contributed by atoms with Crippen LogP contribution >= 0.6 is 0 Å². The van der Waals surface area contributed by atoms with Crippen LogP contribution in [0.15, 0.2) is 30.6 Å². The number of esters is 1. The van der Waals surface area contributed by atoms with Gasteiger partial charge in [0.25, 0.3) is 5.92 Å². The van der Waals surface area contributed by atoms with E-state index in [4.69, 9.17) is 4.74 Å². The van der Waals surface area contributed by atoms with E-state index in [0.29, 0.717) is 23.7 Å². The fraction of sp³-hybridized carbons (Fsp3) is 0.500. The van der Waals surface area contributed by atoms with Crippen LogP contribution in [0.2, 0.25) is 0 Å². The highest BCUT2D eigenvalue weighted by atomic mass is 19.3. The Labute approximate surface area is 137 Å². The molecule has 4 nitrogen and oxygen atoms in total. The second kappa shape index (κ2) is 4.49. The van der Waals surface area contributed by atoms with E-state index in [1.165, 1.54) is 6.20 Å². The van der Waals surface area contributed by atoms with Crippen molar-refractivity contribution in [3.05, 3.63) is 36.3 Å². The molecular weight excluding hydrogens is 314 g/mol. The number of carbonyl (C=O) groups excluding carboxylic acids is 1. The quantitative estimate of drug-likeness (QED) is 0.809. The highest BCUT2D eigenvalue weighted by Crippen LogP contribution is 2.81. The average molecular weight is 330 g/mol. The van der Waals surface area contributed by atoms with Crippen LogP contribution in [-0.2, 0) is 4.74 Å². The zero-order valence-electron chi connectivity index (χ0n) is 12.9. The van der Waals surface area contributed by atoms with Gasteiger partial charge in [-0.2, -0.15) is 0 Å². The minimum atomic E-state index is -2.71. The van der Waals surface area contributed by atoms with Crippen molar-refractivity contribution in [2.24, 2.45) is 23.2 Å². The molecule has 4 unspecified atom stereocenters. The molecule has 2 aromatic heterocycles. The lowest BCUT2D eigenvalue weighted by Crippen LogP contribution is -2.42. The summed E-state index contributed by atoms with van der Waals surface area (Å²) in [4.78, 5) is 20.7. The monoisotopic (exact) mass is 330 g/mol. The Morgan fingerprint density at radius 2 is 2.08 bits per heavy atom. The van der Waals surface area contributed by atoms with Gasteiger partial charge in [0, 0.05) is 23.7 Å². The number of hydrogen-bond donors (Lipinski definition) is 0. The van der Waals surface area contributed by atoms with Gasteiger partial charge in [0.1, 0.15) is 6.61 Å². The number of rotatable bonds is 3. The first kappa shape index (κ1) is 14.3. The highest BCUT2D eigenvalue weighted by Gasteiger charge is 2.85. The van der Waals surface area contributed by atoms with Crippen LogP contribution in [0.4, 0.5) is 8.78 Å². The molecule has 0 N–H and O–H groups in total. The Hall–Kier alpha value is -2.11. The molecule has 4 atom stereocenters. The summed E-state index contributed by atoms with van der Waals surface area (Å²) in [5.74, 6) is -3.87. The molecule has 2 aromatic rings. The molecule has 2 heterocycles. The summed E-state index contributed by atoms with van der Waals surface area (Å²) in [5.41, 5.74) is -0.346. The van der Waals surface area contributed by atoms with Crippen molar-refractivity contribution in [1.82, 2.24) is 9.97 Å². The molecule has 0 amide bonds. The smallest absolute Gasteiger partial charge is 0.357 e. The molecule has 4 saturated carbocycles. The van der Waals surface area contributed by atoms with Gasteiger partial charge in [-0.15, -0.1) is 0 Å². The van der Waals surface area contributed by atoms with Gasteiger partial charge in [-0.3, -0.25) is 4.98 Å². The molecule has 4 fully saturated rings. The van der Waals surface area contributed by atoms with Crippen molar-refractivity contribution in [3.8, 4) is 0 Å². The summed E-state index contributed by atoms with van der Waals surface area (Å²) >= 11 is 0. The molecule has 124 valence electrons. The van der Waals surface area contributed by atoms with Gasteiger partial charge in [-0.05, 0) is 49.3 Å². The molecule has 0 spiro atoms. The Morgan fingerprint density at radius 3 is 2.83 bits per heavy atom. The SMILES string of the molecule is O=C(OCC12C3CCC(CC31)C2(F)F)c1nccc2ncccc12. The van der Waals surface area contributed by atoms with E-state index in [0.717, 1.165) is 6.42 Å². The second-order valence-electron chi connectivity index (χ2n) is 7.19. The molecule has 24 heavy (non-hydrogen) atoms. The Bertz CT molecular complexity index is 845. The van der Waals surface area contributed by atoms with E-state index in [-0.39, 0.29) is 24.1 Å². The van der Waals surface area contributed by atoms with E-state index in [9.17, 15) is 13.6 Å². The second-order valence-corrected chi connectivity index (χ2v) is 7.19. The minimum Gasteiger partial charge on any atom is -0.460 e. The first-order valence-electron chi connectivity index (χ1n) is 8.30. The summed E-state index contributed by atoms with van der Waals surface area (Å²) in [5, 5.41) is 0.578. The van der Waals surface area contributed by atoms with Crippen molar-refractivity contribution >= 4 is 16.9 Å². The first-order chi connectivity index (χ1) is 11.6. The Kier molecular flexibility index (Phi) is 2.67. The summed E-state index contributed by atoms with van der Waals surface area (Å²) in [6.45, 7) is -0.205. The number of pyridine rings is 2. The van der Waals surface area contributed by atoms with Gasteiger partial charge < -0.3 is 4.74 Å². The number of carbonyl (C=O) groups is 1. The summed E-state index contributed by atoms with van der Waals surface area (Å²) < 4.78 is 34.6. The third-order valence-electron chi connectivity index (χ3n) is 6.36. The molecule has 6 rings (SSSR count). The van der Waals surface area contributed by atoms with E-state index in [1.807, 2.05) is 0 Å². The molecule has 4 bridgehead atoms. The van der Waals surface area contributed by atoms with Crippen molar-refractivity contribution in [3.63, 3.8) is 0 Å². The van der Waals surface area contributed by atoms with E-state index < -0.39 is 23.2 Å². The average Bonchev–Trinajstić information content (AvgIpc) is 3.22. The standard InChI is InChI=1S/C18H16F2N2O2/c19-18(20)10-3-4-12-13(8-10)17(12,18)9-24-16(23)15-11-2-1-6-21-14(11)5-7-22-15/h1-2,5-7,10,12-13H,3-4,8-9H2. The van der Waals surface area contributed by atoms with Crippen LogP contribution in [0.25, 0.3) is 10.9 Å². The van der Waals surface area contributed by atoms with Crippen LogP contribution < -0.4 is 0 Å².